The smallest absolute Gasteiger partial charge is 0.324 e. The van der Waals surface area contributed by atoms with Gasteiger partial charge in [0.2, 0.25) is 0 Å². The Labute approximate surface area is 131 Å². The Morgan fingerprint density at radius 3 is 2.41 bits per heavy atom. The molecule has 1 N–H and O–H groups in total. The average molecular weight is 305 g/mol. The molecular weight excluding hydrogens is 282 g/mol. The second-order valence-corrected chi connectivity index (χ2v) is 6.68. The first-order valence-corrected chi connectivity index (χ1v) is 7.32. The van der Waals surface area contributed by atoms with Gasteiger partial charge in [-0.25, -0.2) is 0 Å². The maximum atomic E-state index is 12.4. The van der Waals surface area contributed by atoms with Crippen LogP contribution in [0.25, 0.3) is 0 Å². The summed E-state index contributed by atoms with van der Waals surface area (Å²) in [4.78, 5) is 24.4. The molecule has 5 heteroatoms. The molecular formula is C17H23NO4. The van der Waals surface area contributed by atoms with E-state index in [4.69, 9.17) is 9.47 Å². The summed E-state index contributed by atoms with van der Waals surface area (Å²) >= 11 is 0. The monoisotopic (exact) mass is 305 g/mol. The lowest BCUT2D eigenvalue weighted by Gasteiger charge is -2.45. The fraction of sp³-hybridized carbons (Fsp3) is 0.529. The van der Waals surface area contributed by atoms with Gasteiger partial charge in [-0.1, -0.05) is 30.3 Å². The number of rotatable bonds is 3. The second-order valence-electron chi connectivity index (χ2n) is 6.68. The highest BCUT2D eigenvalue weighted by Gasteiger charge is 2.51. The molecule has 0 aromatic heterocycles. The first-order chi connectivity index (χ1) is 10.2. The fourth-order valence-corrected chi connectivity index (χ4v) is 2.84. The first kappa shape index (κ1) is 16.5. The highest BCUT2D eigenvalue weighted by Crippen LogP contribution is 2.37. The Hall–Kier alpha value is -1.88. The third-order valence-corrected chi connectivity index (χ3v) is 4.19. The Morgan fingerprint density at radius 2 is 1.86 bits per heavy atom. The van der Waals surface area contributed by atoms with Gasteiger partial charge in [-0.15, -0.1) is 0 Å². The number of morpholine rings is 1. The van der Waals surface area contributed by atoms with Crippen molar-refractivity contribution in [3.05, 3.63) is 35.9 Å². The van der Waals surface area contributed by atoms with Gasteiger partial charge in [0.05, 0.1) is 18.6 Å². The van der Waals surface area contributed by atoms with E-state index in [1.807, 2.05) is 44.2 Å². The summed E-state index contributed by atoms with van der Waals surface area (Å²) in [6, 6.07) is 8.77. The molecule has 0 radical (unpaired) electrons. The van der Waals surface area contributed by atoms with E-state index in [9.17, 15) is 9.59 Å². The summed E-state index contributed by atoms with van der Waals surface area (Å²) in [6.07, 6.45) is 0. The van der Waals surface area contributed by atoms with Gasteiger partial charge in [0.15, 0.2) is 0 Å². The van der Waals surface area contributed by atoms with E-state index in [2.05, 4.69) is 5.32 Å². The maximum Gasteiger partial charge on any atom is 0.324 e. The number of carbonyl (C=O) groups excluding carboxylic acids is 2. The lowest BCUT2D eigenvalue weighted by Crippen LogP contribution is -2.62. The van der Waals surface area contributed by atoms with Crippen LogP contribution in [0.3, 0.4) is 0 Å². The summed E-state index contributed by atoms with van der Waals surface area (Å²) in [6.45, 7) is 7.07. The van der Waals surface area contributed by atoms with Crippen molar-refractivity contribution < 1.29 is 19.1 Å². The van der Waals surface area contributed by atoms with Gasteiger partial charge in [-0.3, -0.25) is 14.9 Å². The van der Waals surface area contributed by atoms with Crippen LogP contribution in [0.15, 0.2) is 30.3 Å². The first-order valence-electron chi connectivity index (χ1n) is 7.32. The lowest BCUT2D eigenvalue weighted by atomic mass is 9.80. The van der Waals surface area contributed by atoms with Crippen molar-refractivity contribution in [1.82, 2.24) is 5.32 Å². The van der Waals surface area contributed by atoms with Crippen molar-refractivity contribution in [2.24, 2.45) is 5.41 Å². The number of benzene rings is 1. The maximum absolute atomic E-state index is 12.4. The Kier molecular flexibility index (Phi) is 4.29. The van der Waals surface area contributed by atoms with Gasteiger partial charge < -0.3 is 9.47 Å². The number of cyclic esters (lactones) is 1. The zero-order valence-corrected chi connectivity index (χ0v) is 13.7. The van der Waals surface area contributed by atoms with E-state index < -0.39 is 29.0 Å². The van der Waals surface area contributed by atoms with Crippen molar-refractivity contribution in [3.63, 3.8) is 0 Å². The summed E-state index contributed by atoms with van der Waals surface area (Å²) in [5.41, 5.74) is -0.720. The van der Waals surface area contributed by atoms with E-state index in [0.717, 1.165) is 5.56 Å². The second kappa shape index (κ2) is 5.72. The SMILES string of the molecule is COC(=O)C(C)(C)C1NC(c2ccccc2)C(C)(C)OC1=O. The molecule has 120 valence electrons. The number of hydrogen-bond donors (Lipinski definition) is 1. The van der Waals surface area contributed by atoms with Crippen LogP contribution in [0.4, 0.5) is 0 Å². The van der Waals surface area contributed by atoms with E-state index in [1.54, 1.807) is 13.8 Å². The predicted molar refractivity (Wildman–Crippen MR) is 82.1 cm³/mol. The third-order valence-electron chi connectivity index (χ3n) is 4.19. The third kappa shape index (κ3) is 2.86. The number of esters is 2. The molecule has 1 aromatic rings. The standard InChI is InChI=1S/C17H23NO4/c1-16(2,15(20)21-5)13-14(19)22-17(3,4)12(18-13)11-9-7-6-8-10-11/h6-10,12-13,18H,1-5H3. The van der Waals surface area contributed by atoms with Crippen LogP contribution in [0, 0.1) is 5.41 Å². The van der Waals surface area contributed by atoms with Gasteiger partial charge >= 0.3 is 11.9 Å². The van der Waals surface area contributed by atoms with E-state index in [1.165, 1.54) is 7.11 Å². The van der Waals surface area contributed by atoms with Crippen LogP contribution >= 0.6 is 0 Å². The fourth-order valence-electron chi connectivity index (χ4n) is 2.84. The number of ether oxygens (including phenoxy) is 2. The molecule has 2 atom stereocenters. The predicted octanol–water partition coefficient (Wildman–Crippen LogP) is 2.22. The van der Waals surface area contributed by atoms with Crippen molar-refractivity contribution in [2.75, 3.05) is 7.11 Å². The molecule has 0 bridgehead atoms. The summed E-state index contributed by atoms with van der Waals surface area (Å²) < 4.78 is 10.4. The van der Waals surface area contributed by atoms with Crippen molar-refractivity contribution in [1.29, 1.82) is 0 Å². The van der Waals surface area contributed by atoms with E-state index in [0.29, 0.717) is 0 Å². The largest absolute Gasteiger partial charge is 0.469 e. The molecule has 5 nitrogen and oxygen atoms in total. The van der Waals surface area contributed by atoms with Crippen LogP contribution < -0.4 is 5.32 Å². The number of nitrogens with one attached hydrogen (secondary N) is 1. The molecule has 1 aliphatic heterocycles. The van der Waals surface area contributed by atoms with Crippen molar-refractivity contribution in [3.8, 4) is 0 Å². The van der Waals surface area contributed by atoms with Gasteiger partial charge in [0.1, 0.15) is 11.6 Å². The summed E-state index contributed by atoms with van der Waals surface area (Å²) in [5, 5.41) is 3.29. The minimum absolute atomic E-state index is 0.208. The van der Waals surface area contributed by atoms with Gasteiger partial charge in [-0.2, -0.15) is 0 Å². The molecule has 2 unspecified atom stereocenters. The van der Waals surface area contributed by atoms with Crippen LogP contribution in [-0.2, 0) is 19.1 Å². The Balaban J connectivity index is 2.36. The van der Waals surface area contributed by atoms with Gasteiger partial charge in [0.25, 0.3) is 0 Å². The van der Waals surface area contributed by atoms with Gasteiger partial charge in [-0.05, 0) is 33.3 Å². The topological polar surface area (TPSA) is 64.6 Å². The quantitative estimate of drug-likeness (QED) is 0.868. The van der Waals surface area contributed by atoms with Crippen molar-refractivity contribution >= 4 is 11.9 Å². The van der Waals surface area contributed by atoms with Crippen LogP contribution in [0.2, 0.25) is 0 Å². The molecule has 22 heavy (non-hydrogen) atoms. The Morgan fingerprint density at radius 1 is 1.27 bits per heavy atom. The molecule has 0 aliphatic carbocycles. The van der Waals surface area contributed by atoms with Crippen LogP contribution in [-0.4, -0.2) is 30.7 Å². The minimum atomic E-state index is -1.02. The average Bonchev–Trinajstić information content (AvgIpc) is 2.46. The van der Waals surface area contributed by atoms with Crippen LogP contribution in [0.5, 0.6) is 0 Å². The summed E-state index contributed by atoms with van der Waals surface area (Å²) in [7, 11) is 1.32. The molecule has 0 amide bonds. The molecule has 0 saturated carbocycles. The van der Waals surface area contributed by atoms with Gasteiger partial charge in [0, 0.05) is 0 Å². The number of methoxy groups -OCH3 is 1. The van der Waals surface area contributed by atoms with Crippen LogP contribution in [0.1, 0.15) is 39.3 Å². The highest BCUT2D eigenvalue weighted by atomic mass is 16.6. The molecule has 2 rings (SSSR count). The lowest BCUT2D eigenvalue weighted by molar-refractivity contribution is -0.182. The number of hydrogen-bond acceptors (Lipinski definition) is 5. The molecule has 1 aromatic carbocycles. The normalized spacial score (nSPS) is 24.5. The molecule has 1 fully saturated rings. The molecule has 1 heterocycles. The minimum Gasteiger partial charge on any atom is -0.469 e. The Bertz CT molecular complexity index is 565. The molecule has 1 aliphatic rings. The van der Waals surface area contributed by atoms with E-state index >= 15 is 0 Å². The summed E-state index contributed by atoms with van der Waals surface area (Å²) in [5.74, 6) is -0.888. The molecule has 0 spiro atoms. The highest BCUT2D eigenvalue weighted by molar-refractivity contribution is 5.88. The molecule has 1 saturated heterocycles. The van der Waals surface area contributed by atoms with E-state index in [-0.39, 0.29) is 6.04 Å². The number of carbonyl (C=O) groups is 2. The zero-order chi connectivity index (χ0) is 16.5. The zero-order valence-electron chi connectivity index (χ0n) is 13.7. The van der Waals surface area contributed by atoms with Crippen molar-refractivity contribution in [2.45, 2.75) is 45.4 Å².